The molecule has 0 unspecified atom stereocenters. The fraction of sp³-hybridized carbons (Fsp3) is 0.185. The molecule has 0 saturated heterocycles. The van der Waals surface area contributed by atoms with Crippen molar-refractivity contribution in [3.05, 3.63) is 101 Å². The summed E-state index contributed by atoms with van der Waals surface area (Å²) in [6.45, 7) is 8.34. The van der Waals surface area contributed by atoms with Crippen LogP contribution in [0.25, 0.3) is 5.57 Å². The molecular formula is C27H25FN2O2. The largest absolute Gasteiger partial charge is 0.350 e. The first-order valence-corrected chi connectivity index (χ1v) is 10.5. The average Bonchev–Trinajstić information content (AvgIpc) is 2.98. The smallest absolute Gasteiger partial charge is 0.282 e. The van der Waals surface area contributed by atoms with E-state index in [1.54, 1.807) is 6.07 Å². The van der Waals surface area contributed by atoms with Gasteiger partial charge < -0.3 is 5.32 Å². The molecule has 32 heavy (non-hydrogen) atoms. The van der Waals surface area contributed by atoms with Crippen LogP contribution in [0.5, 0.6) is 0 Å². The monoisotopic (exact) mass is 428 g/mol. The van der Waals surface area contributed by atoms with Crippen LogP contribution >= 0.6 is 0 Å². The van der Waals surface area contributed by atoms with Gasteiger partial charge in [-0.2, -0.15) is 0 Å². The Morgan fingerprint density at radius 2 is 1.50 bits per heavy atom. The predicted molar refractivity (Wildman–Crippen MR) is 126 cm³/mol. The molecule has 0 aliphatic carbocycles. The molecule has 1 heterocycles. The van der Waals surface area contributed by atoms with Gasteiger partial charge in [0.2, 0.25) is 0 Å². The van der Waals surface area contributed by atoms with Gasteiger partial charge in [0.05, 0.1) is 11.3 Å². The molecule has 1 aliphatic heterocycles. The maximum atomic E-state index is 13.8. The first-order valence-electron chi connectivity index (χ1n) is 10.5. The Kier molecular flexibility index (Phi) is 5.43. The second kappa shape index (κ2) is 8.08. The van der Waals surface area contributed by atoms with Crippen molar-refractivity contribution in [2.75, 3.05) is 10.2 Å². The summed E-state index contributed by atoms with van der Waals surface area (Å²) < 4.78 is 13.8. The van der Waals surface area contributed by atoms with Crippen LogP contribution in [-0.4, -0.2) is 11.8 Å². The van der Waals surface area contributed by atoms with E-state index in [0.29, 0.717) is 11.3 Å². The highest BCUT2D eigenvalue weighted by Gasteiger charge is 2.40. The van der Waals surface area contributed by atoms with Crippen LogP contribution < -0.4 is 10.2 Å². The summed E-state index contributed by atoms with van der Waals surface area (Å²) in [7, 11) is 0. The summed E-state index contributed by atoms with van der Waals surface area (Å²) in [6, 6.07) is 20.7. The van der Waals surface area contributed by atoms with Gasteiger partial charge in [-0.1, -0.05) is 68.8 Å². The van der Waals surface area contributed by atoms with E-state index in [2.05, 4.69) is 26.1 Å². The Balaban J connectivity index is 1.78. The maximum Gasteiger partial charge on any atom is 0.282 e. The molecule has 1 N–H and O–H groups in total. The maximum absolute atomic E-state index is 13.8. The predicted octanol–water partition coefficient (Wildman–Crippen LogP) is 5.83. The summed E-state index contributed by atoms with van der Waals surface area (Å²) in [6.07, 6.45) is 0. The van der Waals surface area contributed by atoms with E-state index in [4.69, 9.17) is 0 Å². The van der Waals surface area contributed by atoms with Crippen LogP contribution in [0.4, 0.5) is 15.8 Å². The molecule has 0 spiro atoms. The number of amides is 2. The molecule has 2 amide bonds. The van der Waals surface area contributed by atoms with Gasteiger partial charge in [-0.05, 0) is 53.8 Å². The molecule has 0 bridgehead atoms. The van der Waals surface area contributed by atoms with Crippen LogP contribution in [0, 0.1) is 12.7 Å². The Hall–Kier alpha value is -3.73. The molecule has 0 radical (unpaired) electrons. The third-order valence-corrected chi connectivity index (χ3v) is 5.51. The number of halogens is 1. The van der Waals surface area contributed by atoms with Crippen molar-refractivity contribution in [1.82, 2.24) is 0 Å². The summed E-state index contributed by atoms with van der Waals surface area (Å²) in [5.41, 5.74) is 4.15. The number of hydrogen-bond acceptors (Lipinski definition) is 3. The van der Waals surface area contributed by atoms with Gasteiger partial charge in [-0.15, -0.1) is 0 Å². The number of carbonyl (C=O) groups is 2. The van der Waals surface area contributed by atoms with E-state index in [9.17, 15) is 14.0 Å². The summed E-state index contributed by atoms with van der Waals surface area (Å²) in [5.74, 6) is -1.52. The molecular weight excluding hydrogens is 403 g/mol. The number of carbonyl (C=O) groups excluding carboxylic acids is 2. The number of nitrogens with one attached hydrogen (secondary N) is 1. The van der Waals surface area contributed by atoms with Crippen molar-refractivity contribution in [3.63, 3.8) is 0 Å². The molecule has 0 saturated carbocycles. The van der Waals surface area contributed by atoms with E-state index in [-0.39, 0.29) is 22.4 Å². The van der Waals surface area contributed by atoms with Crippen LogP contribution in [0.2, 0.25) is 0 Å². The fourth-order valence-corrected chi connectivity index (χ4v) is 3.68. The Morgan fingerprint density at radius 3 is 2.09 bits per heavy atom. The molecule has 4 rings (SSSR count). The minimum Gasteiger partial charge on any atom is -0.350 e. The molecule has 5 heteroatoms. The number of hydrogen-bond donors (Lipinski definition) is 1. The lowest BCUT2D eigenvalue weighted by atomic mass is 9.87. The van der Waals surface area contributed by atoms with Gasteiger partial charge in [0, 0.05) is 5.69 Å². The van der Waals surface area contributed by atoms with E-state index in [1.807, 2.05) is 55.5 Å². The van der Waals surface area contributed by atoms with Crippen molar-refractivity contribution in [3.8, 4) is 0 Å². The quantitative estimate of drug-likeness (QED) is 0.532. The number of benzene rings is 3. The molecule has 3 aromatic carbocycles. The van der Waals surface area contributed by atoms with Crippen LogP contribution in [0.3, 0.4) is 0 Å². The molecule has 1 aliphatic rings. The zero-order valence-corrected chi connectivity index (χ0v) is 18.6. The first kappa shape index (κ1) is 21.5. The highest BCUT2D eigenvalue weighted by molar-refractivity contribution is 6.46. The SMILES string of the molecule is Cc1ccc(C2=C(Nc3ccc(C(C)(C)C)cc3)C(=O)N(c3cccc(F)c3)C2=O)cc1. The van der Waals surface area contributed by atoms with E-state index in [1.165, 1.54) is 18.2 Å². The van der Waals surface area contributed by atoms with E-state index in [0.717, 1.165) is 16.0 Å². The number of imide groups is 1. The lowest BCUT2D eigenvalue weighted by Gasteiger charge is -2.19. The van der Waals surface area contributed by atoms with Gasteiger partial charge in [-0.3, -0.25) is 9.59 Å². The summed E-state index contributed by atoms with van der Waals surface area (Å²) in [4.78, 5) is 27.8. The van der Waals surface area contributed by atoms with Gasteiger partial charge in [0.15, 0.2) is 0 Å². The minimum atomic E-state index is -0.518. The van der Waals surface area contributed by atoms with Crippen LogP contribution in [0.15, 0.2) is 78.5 Å². The molecule has 0 fully saturated rings. The highest BCUT2D eigenvalue weighted by Crippen LogP contribution is 2.34. The van der Waals surface area contributed by atoms with Gasteiger partial charge in [0.25, 0.3) is 11.8 Å². The van der Waals surface area contributed by atoms with Crippen LogP contribution in [-0.2, 0) is 15.0 Å². The standard InChI is InChI=1S/C27H25FN2O2/c1-17-8-10-18(11-9-17)23-24(29-21-14-12-19(13-15-21)27(2,3)4)26(32)30(25(23)31)22-7-5-6-20(28)16-22/h5-16,29H,1-4H3. The van der Waals surface area contributed by atoms with E-state index >= 15 is 0 Å². The fourth-order valence-electron chi connectivity index (χ4n) is 3.68. The third-order valence-electron chi connectivity index (χ3n) is 5.51. The Morgan fingerprint density at radius 1 is 0.844 bits per heavy atom. The van der Waals surface area contributed by atoms with Crippen LogP contribution in [0.1, 0.15) is 37.5 Å². The second-order valence-electron chi connectivity index (χ2n) is 8.99. The van der Waals surface area contributed by atoms with Crippen molar-refractivity contribution in [2.45, 2.75) is 33.1 Å². The molecule has 3 aromatic rings. The van der Waals surface area contributed by atoms with E-state index < -0.39 is 17.6 Å². The Labute approximate surface area is 187 Å². The summed E-state index contributed by atoms with van der Waals surface area (Å²) >= 11 is 0. The molecule has 0 aromatic heterocycles. The van der Waals surface area contributed by atoms with Crippen molar-refractivity contribution in [1.29, 1.82) is 0 Å². The lowest BCUT2D eigenvalue weighted by Crippen LogP contribution is -2.32. The normalized spacial score (nSPS) is 14.3. The topological polar surface area (TPSA) is 49.4 Å². The zero-order chi connectivity index (χ0) is 23.0. The summed E-state index contributed by atoms with van der Waals surface area (Å²) in [5, 5.41) is 3.15. The average molecular weight is 429 g/mol. The van der Waals surface area contributed by atoms with Gasteiger partial charge >= 0.3 is 0 Å². The van der Waals surface area contributed by atoms with Crippen molar-refractivity contribution < 1.29 is 14.0 Å². The third kappa shape index (κ3) is 4.06. The molecule has 4 nitrogen and oxygen atoms in total. The zero-order valence-electron chi connectivity index (χ0n) is 18.6. The second-order valence-corrected chi connectivity index (χ2v) is 8.99. The lowest BCUT2D eigenvalue weighted by molar-refractivity contribution is -0.120. The van der Waals surface area contributed by atoms with Gasteiger partial charge in [-0.25, -0.2) is 9.29 Å². The first-order chi connectivity index (χ1) is 15.1. The van der Waals surface area contributed by atoms with Gasteiger partial charge in [0.1, 0.15) is 11.5 Å². The minimum absolute atomic E-state index is 0.00180. The Bertz CT molecular complexity index is 1220. The molecule has 0 atom stereocenters. The number of anilines is 2. The highest BCUT2D eigenvalue weighted by atomic mass is 19.1. The molecule has 162 valence electrons. The number of rotatable bonds is 4. The number of nitrogens with zero attached hydrogens (tertiary/aromatic N) is 1. The number of aryl methyl sites for hydroxylation is 1. The van der Waals surface area contributed by atoms with Crippen molar-refractivity contribution >= 4 is 28.8 Å². The van der Waals surface area contributed by atoms with Crippen molar-refractivity contribution in [2.24, 2.45) is 0 Å².